The first kappa shape index (κ1) is 23.4. The molecule has 3 rings (SSSR count). The average molecular weight is 448 g/mol. The van der Waals surface area contributed by atoms with Gasteiger partial charge < -0.3 is 5.48 Å². The Morgan fingerprint density at radius 1 is 0.379 bits per heavy atom. The minimum atomic E-state index is -1.98. The van der Waals surface area contributed by atoms with Gasteiger partial charge in [0.15, 0.2) is 0 Å². The zero-order valence-corrected chi connectivity index (χ0v) is 21.6. The van der Waals surface area contributed by atoms with Gasteiger partial charge in [0, 0.05) is 0 Å². The maximum atomic E-state index is 2.38. The van der Waals surface area contributed by atoms with E-state index in [9.17, 15) is 0 Å². The zero-order valence-electron chi connectivity index (χ0n) is 19.5. The minimum absolute atomic E-state index is 0. The first-order chi connectivity index (χ1) is 13.1. The molecule has 2 heteroatoms. The van der Waals surface area contributed by atoms with E-state index in [1.165, 1.54) is 50.1 Å². The summed E-state index contributed by atoms with van der Waals surface area (Å²) in [5, 5.41) is 0. The first-order valence-electron chi connectivity index (χ1n) is 10.2. The van der Waals surface area contributed by atoms with Gasteiger partial charge in [-0.25, -0.2) is 0 Å². The van der Waals surface area contributed by atoms with Crippen LogP contribution in [-0.2, 0) is 0 Å². The maximum Gasteiger partial charge on any atom is -0.412 e. The summed E-state index contributed by atoms with van der Waals surface area (Å²) >= 11 is -1.98. The van der Waals surface area contributed by atoms with Crippen LogP contribution in [0.4, 0.5) is 0 Å². The Morgan fingerprint density at radius 2 is 0.552 bits per heavy atom. The van der Waals surface area contributed by atoms with Crippen molar-refractivity contribution in [3.63, 3.8) is 0 Å². The van der Waals surface area contributed by atoms with Gasteiger partial charge in [0.1, 0.15) is 0 Å². The molecule has 0 aromatic heterocycles. The predicted octanol–water partition coefficient (Wildman–Crippen LogP) is 4.15. The van der Waals surface area contributed by atoms with Gasteiger partial charge in [0.2, 0.25) is 0 Å². The van der Waals surface area contributed by atoms with Crippen molar-refractivity contribution in [2.24, 2.45) is 0 Å². The number of hydrogen-bond acceptors (Lipinski definition) is 0. The normalized spacial score (nSPS) is 11.0. The number of aryl methyl sites for hydroxylation is 9. The fourth-order valence-electron chi connectivity index (χ4n) is 5.10. The van der Waals surface area contributed by atoms with Crippen LogP contribution < -0.4 is 13.2 Å². The van der Waals surface area contributed by atoms with E-state index >= 15 is 0 Å². The van der Waals surface area contributed by atoms with Crippen LogP contribution in [0, 0.1) is 62.3 Å². The molecule has 3 aromatic rings. The van der Waals surface area contributed by atoms with Crippen LogP contribution in [0.25, 0.3) is 0 Å². The van der Waals surface area contributed by atoms with Crippen LogP contribution in [0.5, 0.6) is 0 Å². The summed E-state index contributed by atoms with van der Waals surface area (Å²) in [6, 6.07) is 14.3. The third kappa shape index (κ3) is 4.52. The summed E-state index contributed by atoms with van der Waals surface area (Å²) in [7, 11) is 0. The largest absolute Gasteiger partial charge is 0.412 e. The molecule has 0 fully saturated rings. The predicted molar refractivity (Wildman–Crippen MR) is 130 cm³/mol. The van der Waals surface area contributed by atoms with Crippen molar-refractivity contribution in [3.05, 3.63) is 86.5 Å². The van der Waals surface area contributed by atoms with Gasteiger partial charge >= 0.3 is 176 Å². The quantitative estimate of drug-likeness (QED) is 0.540. The SMILES string of the molecule is Cc1cc(C)[c]([Ge]([c]2c(C)cc(C)cc2C)[c]2c(C)cc(C)cc2C)c(C)c1.O. The van der Waals surface area contributed by atoms with Crippen molar-refractivity contribution in [1.82, 2.24) is 0 Å². The van der Waals surface area contributed by atoms with Crippen molar-refractivity contribution in [3.8, 4) is 0 Å². The van der Waals surface area contributed by atoms with Crippen molar-refractivity contribution in [1.29, 1.82) is 0 Å². The maximum absolute atomic E-state index is 2.38. The van der Waals surface area contributed by atoms with Crippen LogP contribution in [0.15, 0.2) is 36.4 Å². The molecule has 2 N–H and O–H groups in total. The molecule has 0 heterocycles. The molecule has 0 aliphatic heterocycles. The number of rotatable bonds is 3. The van der Waals surface area contributed by atoms with Gasteiger partial charge in [-0.05, 0) is 0 Å². The Kier molecular flexibility index (Phi) is 7.19. The number of hydrogen-bond donors (Lipinski definition) is 0. The first-order valence-corrected chi connectivity index (χ1v) is 13.4. The molecule has 0 bridgehead atoms. The third-order valence-corrected chi connectivity index (χ3v) is 13.9. The molecule has 0 aliphatic rings. The van der Waals surface area contributed by atoms with Gasteiger partial charge in [-0.15, -0.1) is 0 Å². The van der Waals surface area contributed by atoms with E-state index in [4.69, 9.17) is 0 Å². The van der Waals surface area contributed by atoms with Gasteiger partial charge in [0.25, 0.3) is 0 Å². The molecular weight excluding hydrogens is 413 g/mol. The smallest absolute Gasteiger partial charge is 0.412 e. The van der Waals surface area contributed by atoms with Crippen molar-refractivity contribution in [2.45, 2.75) is 62.3 Å². The summed E-state index contributed by atoms with van der Waals surface area (Å²) in [5.41, 5.74) is 12.9. The molecule has 0 saturated heterocycles. The summed E-state index contributed by atoms with van der Waals surface area (Å²) in [5.74, 6) is 0. The Labute approximate surface area is 181 Å². The summed E-state index contributed by atoms with van der Waals surface area (Å²) in [6.07, 6.45) is 0. The van der Waals surface area contributed by atoms with Gasteiger partial charge in [-0.3, -0.25) is 0 Å². The van der Waals surface area contributed by atoms with Gasteiger partial charge in [-0.1, -0.05) is 0 Å². The zero-order chi connectivity index (χ0) is 20.7. The Hall–Kier alpha value is -1.84. The molecule has 0 aliphatic carbocycles. The van der Waals surface area contributed by atoms with E-state index < -0.39 is 14.3 Å². The molecule has 0 saturated carbocycles. The minimum Gasteiger partial charge on any atom is -0.412 e. The monoisotopic (exact) mass is 449 g/mol. The second kappa shape index (κ2) is 8.89. The van der Waals surface area contributed by atoms with Crippen LogP contribution in [-0.4, -0.2) is 19.8 Å². The molecule has 0 spiro atoms. The Balaban J connectivity index is 0.00000300. The fraction of sp³-hybridized carbons (Fsp3) is 0.333. The second-order valence-electron chi connectivity index (χ2n) is 8.70. The molecule has 153 valence electrons. The summed E-state index contributed by atoms with van der Waals surface area (Å²) in [4.78, 5) is 0. The van der Waals surface area contributed by atoms with E-state index in [-0.39, 0.29) is 5.48 Å². The molecule has 0 amide bonds. The van der Waals surface area contributed by atoms with E-state index in [0.29, 0.717) is 0 Å². The van der Waals surface area contributed by atoms with Crippen molar-refractivity contribution in [2.75, 3.05) is 0 Å². The Bertz CT molecular complexity index is 856. The van der Waals surface area contributed by atoms with E-state index in [1.807, 2.05) is 0 Å². The molecule has 1 radical (unpaired) electrons. The fourth-order valence-corrected chi connectivity index (χ4v) is 12.5. The molecule has 0 unspecified atom stereocenters. The van der Waals surface area contributed by atoms with Crippen molar-refractivity contribution >= 4 is 27.5 Å². The molecular formula is C27H35GeO. The van der Waals surface area contributed by atoms with E-state index in [2.05, 4.69) is 98.7 Å². The van der Waals surface area contributed by atoms with Crippen LogP contribution in [0.1, 0.15) is 50.1 Å². The molecule has 3 aromatic carbocycles. The second-order valence-corrected chi connectivity index (χ2v) is 13.4. The Morgan fingerprint density at radius 3 is 0.724 bits per heavy atom. The average Bonchev–Trinajstić information content (AvgIpc) is 2.51. The van der Waals surface area contributed by atoms with E-state index in [0.717, 1.165) is 0 Å². The number of benzene rings is 3. The van der Waals surface area contributed by atoms with Crippen molar-refractivity contribution < 1.29 is 5.48 Å². The summed E-state index contributed by atoms with van der Waals surface area (Å²) < 4.78 is 4.90. The topological polar surface area (TPSA) is 31.5 Å². The van der Waals surface area contributed by atoms with Gasteiger partial charge in [-0.2, -0.15) is 0 Å². The van der Waals surface area contributed by atoms with Crippen LogP contribution in [0.2, 0.25) is 0 Å². The van der Waals surface area contributed by atoms with E-state index in [1.54, 1.807) is 13.2 Å². The molecule has 29 heavy (non-hydrogen) atoms. The van der Waals surface area contributed by atoms with Crippen LogP contribution in [0.3, 0.4) is 0 Å². The summed E-state index contributed by atoms with van der Waals surface area (Å²) in [6.45, 7) is 20.6. The third-order valence-electron chi connectivity index (χ3n) is 5.78. The van der Waals surface area contributed by atoms with Gasteiger partial charge in [0.05, 0.1) is 0 Å². The molecule has 0 atom stereocenters. The molecule has 1 nitrogen and oxygen atoms in total. The standard InChI is InChI=1S/C27H33Ge.H2O/c1-16-10-19(4)25(20(5)11-16)28(26-21(6)12-17(2)13-22(26)7)27-23(8)14-18(3)15-24(27)9;/h10-15H,1-9H3;1H2. The van der Waals surface area contributed by atoms with Crippen LogP contribution >= 0.6 is 0 Å².